The highest BCUT2D eigenvalue weighted by molar-refractivity contribution is 5.85. The molecule has 0 saturated carbocycles. The number of fused-ring (bicyclic) bond motifs is 1. The van der Waals surface area contributed by atoms with E-state index in [1.165, 1.54) is 11.1 Å². The molecule has 2 aromatic carbocycles. The van der Waals surface area contributed by atoms with Crippen molar-refractivity contribution in [1.29, 1.82) is 0 Å². The number of aromatic nitrogens is 2. The summed E-state index contributed by atoms with van der Waals surface area (Å²) in [6.45, 7) is 5.07. The van der Waals surface area contributed by atoms with E-state index in [4.69, 9.17) is 10.7 Å². The van der Waals surface area contributed by atoms with Crippen LogP contribution in [0, 0.1) is 0 Å². The average molecular weight is 344 g/mol. The van der Waals surface area contributed by atoms with Crippen molar-refractivity contribution in [3.8, 4) is 0 Å². The van der Waals surface area contributed by atoms with Crippen LogP contribution in [0.25, 0.3) is 11.0 Å². The first-order chi connectivity index (χ1) is 11.2. The second kappa shape index (κ2) is 7.82. The van der Waals surface area contributed by atoms with E-state index in [1.54, 1.807) is 0 Å². The molecule has 1 heterocycles. The van der Waals surface area contributed by atoms with Crippen LogP contribution in [0.15, 0.2) is 54.6 Å². The van der Waals surface area contributed by atoms with E-state index in [9.17, 15) is 0 Å². The Morgan fingerprint density at radius 2 is 1.58 bits per heavy atom. The van der Waals surface area contributed by atoms with Crippen LogP contribution in [0.5, 0.6) is 0 Å². The molecule has 0 aliphatic rings. The maximum absolute atomic E-state index is 6.22. The number of hydrogen-bond donors (Lipinski definition) is 1. The molecule has 3 rings (SSSR count). The summed E-state index contributed by atoms with van der Waals surface area (Å²) in [5.74, 6) is 1.10. The van der Waals surface area contributed by atoms with Crippen molar-refractivity contribution >= 4 is 23.4 Å². The van der Waals surface area contributed by atoms with Gasteiger partial charge in [-0.2, -0.15) is 0 Å². The number of hydrogen-bond acceptors (Lipinski definition) is 2. The highest BCUT2D eigenvalue weighted by Gasteiger charge is 2.30. The summed E-state index contributed by atoms with van der Waals surface area (Å²) in [4.78, 5) is 4.93. The van der Waals surface area contributed by atoms with Gasteiger partial charge in [-0.1, -0.05) is 56.3 Å². The first-order valence-corrected chi connectivity index (χ1v) is 8.45. The fraction of sp³-hybridized carbons (Fsp3) is 0.350. The van der Waals surface area contributed by atoms with E-state index in [0.717, 1.165) is 30.6 Å². The highest BCUT2D eigenvalue weighted by atomic mass is 35.5. The Labute approximate surface area is 150 Å². The molecule has 0 fully saturated rings. The van der Waals surface area contributed by atoms with Gasteiger partial charge in [0.05, 0.1) is 16.6 Å². The lowest BCUT2D eigenvalue weighted by Gasteiger charge is -2.34. The molecule has 0 spiro atoms. The summed E-state index contributed by atoms with van der Waals surface area (Å²) in [6.07, 6.45) is 2.83. The van der Waals surface area contributed by atoms with Crippen molar-refractivity contribution in [3.05, 3.63) is 66.0 Å². The van der Waals surface area contributed by atoms with Crippen molar-refractivity contribution in [2.45, 2.75) is 38.6 Å². The van der Waals surface area contributed by atoms with Gasteiger partial charge in [-0.05, 0) is 30.5 Å². The Balaban J connectivity index is 0.00000208. The van der Waals surface area contributed by atoms with Gasteiger partial charge in [-0.3, -0.25) is 0 Å². The number of imidazole rings is 1. The van der Waals surface area contributed by atoms with Gasteiger partial charge < -0.3 is 10.3 Å². The van der Waals surface area contributed by atoms with Crippen LogP contribution in [-0.2, 0) is 12.0 Å². The van der Waals surface area contributed by atoms with E-state index < -0.39 is 0 Å². The Morgan fingerprint density at radius 1 is 0.958 bits per heavy atom. The van der Waals surface area contributed by atoms with Crippen LogP contribution < -0.4 is 5.73 Å². The monoisotopic (exact) mass is 343 g/mol. The molecule has 3 aromatic rings. The SMILES string of the molecule is CCC(CC)(CN)n1c(Cc2ccccc2)nc2ccccc21.Cl. The predicted octanol–water partition coefficient (Wildman–Crippen LogP) is 4.52. The molecule has 2 N–H and O–H groups in total. The summed E-state index contributed by atoms with van der Waals surface area (Å²) >= 11 is 0. The third-order valence-electron chi connectivity index (χ3n) is 5.01. The lowest BCUT2D eigenvalue weighted by Crippen LogP contribution is -2.41. The van der Waals surface area contributed by atoms with Crippen molar-refractivity contribution < 1.29 is 0 Å². The summed E-state index contributed by atoms with van der Waals surface area (Å²) < 4.78 is 2.40. The van der Waals surface area contributed by atoms with Crippen molar-refractivity contribution in [2.24, 2.45) is 5.73 Å². The van der Waals surface area contributed by atoms with E-state index in [0.29, 0.717) is 6.54 Å². The standard InChI is InChI=1S/C20H25N3.ClH/c1-3-20(4-2,15-21)23-18-13-9-8-12-17(18)22-19(23)14-16-10-6-5-7-11-16;/h5-13H,3-4,14-15,21H2,1-2H3;1H. The first kappa shape index (κ1) is 18.5. The molecule has 0 atom stereocenters. The van der Waals surface area contributed by atoms with Crippen molar-refractivity contribution in [2.75, 3.05) is 6.54 Å². The topological polar surface area (TPSA) is 43.8 Å². The Bertz CT molecular complexity index is 768. The van der Waals surface area contributed by atoms with E-state index in [2.05, 4.69) is 66.9 Å². The molecule has 0 aliphatic heterocycles. The van der Waals surface area contributed by atoms with Gasteiger partial charge in [-0.25, -0.2) is 4.98 Å². The van der Waals surface area contributed by atoms with Gasteiger partial charge in [0.15, 0.2) is 0 Å². The van der Waals surface area contributed by atoms with Gasteiger partial charge in [0.2, 0.25) is 0 Å². The van der Waals surface area contributed by atoms with Crippen molar-refractivity contribution in [1.82, 2.24) is 9.55 Å². The molecule has 4 heteroatoms. The average Bonchev–Trinajstić information content (AvgIpc) is 2.97. The van der Waals surface area contributed by atoms with Gasteiger partial charge in [0, 0.05) is 13.0 Å². The van der Waals surface area contributed by atoms with Crippen LogP contribution >= 0.6 is 12.4 Å². The third-order valence-corrected chi connectivity index (χ3v) is 5.01. The molecule has 1 aromatic heterocycles. The minimum absolute atomic E-state index is 0. The fourth-order valence-corrected chi connectivity index (χ4v) is 3.45. The molecule has 24 heavy (non-hydrogen) atoms. The largest absolute Gasteiger partial charge is 0.328 e. The molecule has 0 amide bonds. The zero-order valence-electron chi connectivity index (χ0n) is 14.4. The van der Waals surface area contributed by atoms with Crippen LogP contribution in [0.1, 0.15) is 38.1 Å². The number of benzene rings is 2. The van der Waals surface area contributed by atoms with Crippen LogP contribution in [0.4, 0.5) is 0 Å². The molecule has 128 valence electrons. The molecular weight excluding hydrogens is 318 g/mol. The molecular formula is C20H26ClN3. The smallest absolute Gasteiger partial charge is 0.114 e. The van der Waals surface area contributed by atoms with Gasteiger partial charge in [-0.15, -0.1) is 12.4 Å². The summed E-state index contributed by atoms with van der Waals surface area (Å²) in [5.41, 5.74) is 9.68. The second-order valence-corrected chi connectivity index (χ2v) is 6.15. The highest BCUT2D eigenvalue weighted by Crippen LogP contribution is 2.31. The van der Waals surface area contributed by atoms with E-state index in [-0.39, 0.29) is 17.9 Å². The van der Waals surface area contributed by atoms with Crippen molar-refractivity contribution in [3.63, 3.8) is 0 Å². The van der Waals surface area contributed by atoms with Gasteiger partial charge in [0.1, 0.15) is 5.82 Å². The summed E-state index contributed by atoms with van der Waals surface area (Å²) in [5, 5.41) is 0. The minimum atomic E-state index is -0.0692. The van der Waals surface area contributed by atoms with Crippen LogP contribution in [-0.4, -0.2) is 16.1 Å². The zero-order chi connectivity index (χ0) is 16.3. The van der Waals surface area contributed by atoms with Gasteiger partial charge in [0.25, 0.3) is 0 Å². The maximum Gasteiger partial charge on any atom is 0.114 e. The number of nitrogens with zero attached hydrogens (tertiary/aromatic N) is 2. The lowest BCUT2D eigenvalue weighted by molar-refractivity contribution is 0.272. The van der Waals surface area contributed by atoms with Gasteiger partial charge >= 0.3 is 0 Å². The van der Waals surface area contributed by atoms with Crippen LogP contribution in [0.2, 0.25) is 0 Å². The summed E-state index contributed by atoms with van der Waals surface area (Å²) in [7, 11) is 0. The van der Waals surface area contributed by atoms with Crippen LogP contribution in [0.3, 0.4) is 0 Å². The molecule has 3 nitrogen and oxygen atoms in total. The Kier molecular flexibility index (Phi) is 6.03. The Morgan fingerprint density at radius 3 is 2.21 bits per heavy atom. The minimum Gasteiger partial charge on any atom is -0.328 e. The molecule has 0 radical (unpaired) electrons. The predicted molar refractivity (Wildman–Crippen MR) is 104 cm³/mol. The number of halogens is 1. The quantitative estimate of drug-likeness (QED) is 0.715. The number of para-hydroxylation sites is 2. The zero-order valence-corrected chi connectivity index (χ0v) is 15.2. The first-order valence-electron chi connectivity index (χ1n) is 8.45. The summed E-state index contributed by atoms with van der Waals surface area (Å²) in [6, 6.07) is 18.9. The normalized spacial score (nSPS) is 11.5. The van der Waals surface area contributed by atoms with E-state index in [1.807, 2.05) is 6.07 Å². The molecule has 0 unspecified atom stereocenters. The number of rotatable bonds is 6. The third kappa shape index (κ3) is 3.19. The number of nitrogens with two attached hydrogens (primary N) is 1. The Hall–Kier alpha value is -1.84. The second-order valence-electron chi connectivity index (χ2n) is 6.15. The fourth-order valence-electron chi connectivity index (χ4n) is 3.45. The maximum atomic E-state index is 6.22. The lowest BCUT2D eigenvalue weighted by atomic mass is 9.91. The molecule has 0 saturated heterocycles. The van der Waals surface area contributed by atoms with E-state index >= 15 is 0 Å². The molecule has 0 bridgehead atoms. The molecule has 0 aliphatic carbocycles.